The lowest BCUT2D eigenvalue weighted by Gasteiger charge is -2.20. The Bertz CT molecular complexity index is 2010. The van der Waals surface area contributed by atoms with E-state index in [-0.39, 0.29) is 5.41 Å². The standard InChI is InChI=1S/C33H28N6O/c1-33(2,3)22-17-23(38-21-37(4)31-32(38)36-16-15-35-31)19-25(18-22)40-24-12-13-29-27(20-24)26-9-5-6-10-28(26)39(29)30-11-7-8-14-34-30/h5-20H,1-4H3/q+2. The van der Waals surface area contributed by atoms with Gasteiger partial charge in [0, 0.05) is 28.0 Å². The van der Waals surface area contributed by atoms with Crippen LogP contribution in [0.5, 0.6) is 11.5 Å². The molecule has 0 saturated carbocycles. The molecule has 0 atom stereocenters. The van der Waals surface area contributed by atoms with Crippen LogP contribution in [0.15, 0.2) is 97.5 Å². The first-order valence-corrected chi connectivity index (χ1v) is 13.3. The highest BCUT2D eigenvalue weighted by molar-refractivity contribution is 6.09. The number of hydrogen-bond acceptors (Lipinski definition) is 4. The fourth-order valence-corrected chi connectivity index (χ4v) is 5.23. The molecule has 3 aromatic heterocycles. The molecule has 6 aromatic rings. The molecule has 7 heteroatoms. The number of hydrogen-bond donors (Lipinski definition) is 0. The van der Waals surface area contributed by atoms with Crippen molar-refractivity contribution in [2.24, 2.45) is 0 Å². The summed E-state index contributed by atoms with van der Waals surface area (Å²) in [6.07, 6.45) is 5.22. The van der Waals surface area contributed by atoms with Gasteiger partial charge >= 0.3 is 17.6 Å². The van der Waals surface area contributed by atoms with Gasteiger partial charge in [-0.05, 0) is 59.5 Å². The number of para-hydroxylation sites is 1. The molecule has 3 aromatic carbocycles. The van der Waals surface area contributed by atoms with Crippen LogP contribution in [0, 0.1) is 0 Å². The fourth-order valence-electron chi connectivity index (χ4n) is 5.23. The van der Waals surface area contributed by atoms with Crippen LogP contribution in [0.3, 0.4) is 0 Å². The summed E-state index contributed by atoms with van der Waals surface area (Å²) in [7, 11) is 1.93. The zero-order chi connectivity index (χ0) is 27.4. The third kappa shape index (κ3) is 3.96. The van der Waals surface area contributed by atoms with Crippen molar-refractivity contribution >= 4 is 45.1 Å². The minimum atomic E-state index is -0.0923. The van der Waals surface area contributed by atoms with Crippen molar-refractivity contribution in [1.82, 2.24) is 24.1 Å². The Balaban J connectivity index is 1.35. The zero-order valence-corrected chi connectivity index (χ0v) is 22.8. The largest absolute Gasteiger partial charge is 0.474 e. The smallest absolute Gasteiger partial charge is 0.457 e. The SMILES string of the molecule is C[N+]1=C=[N+](c2cc(Oc3ccc4c(c3)c3ccccc3n4-c3ccccn3)cc(C(C)(C)C)c2)c2nccnc21. The lowest BCUT2D eigenvalue weighted by molar-refractivity contribution is -0.398. The number of pyridine rings is 1. The molecule has 0 unspecified atom stereocenters. The Morgan fingerprint density at radius 2 is 1.50 bits per heavy atom. The minimum absolute atomic E-state index is 0.0923. The van der Waals surface area contributed by atoms with Crippen LogP contribution in [0.2, 0.25) is 0 Å². The van der Waals surface area contributed by atoms with Gasteiger partial charge in [-0.3, -0.25) is 4.57 Å². The van der Waals surface area contributed by atoms with E-state index in [1.54, 1.807) is 12.4 Å². The zero-order valence-electron chi connectivity index (χ0n) is 22.8. The average molecular weight is 525 g/mol. The first-order chi connectivity index (χ1) is 19.4. The lowest BCUT2D eigenvalue weighted by atomic mass is 9.86. The molecule has 1 aliphatic rings. The first kappa shape index (κ1) is 23.9. The van der Waals surface area contributed by atoms with Gasteiger partial charge in [-0.1, -0.05) is 49.6 Å². The Morgan fingerprint density at radius 1 is 0.725 bits per heavy atom. The van der Waals surface area contributed by atoms with Gasteiger partial charge in [0.25, 0.3) is 0 Å². The molecule has 7 rings (SSSR count). The van der Waals surface area contributed by atoms with E-state index in [9.17, 15) is 0 Å². The molecule has 0 aliphatic carbocycles. The van der Waals surface area contributed by atoms with E-state index in [2.05, 4.69) is 94.8 Å². The molecular weight excluding hydrogens is 496 g/mol. The van der Waals surface area contributed by atoms with Gasteiger partial charge in [0.1, 0.15) is 24.4 Å². The summed E-state index contributed by atoms with van der Waals surface area (Å²) < 4.78 is 12.6. The normalized spacial score (nSPS) is 12.9. The summed E-state index contributed by atoms with van der Waals surface area (Å²) >= 11 is 0. The van der Waals surface area contributed by atoms with Crippen LogP contribution < -0.4 is 9.31 Å². The highest BCUT2D eigenvalue weighted by Crippen LogP contribution is 2.38. The maximum atomic E-state index is 6.57. The number of ether oxygens (including phenoxy) is 1. The molecule has 40 heavy (non-hydrogen) atoms. The number of aromatic nitrogens is 4. The van der Waals surface area contributed by atoms with Gasteiger partial charge in [0.2, 0.25) is 0 Å². The molecule has 0 radical (unpaired) electrons. The van der Waals surface area contributed by atoms with Crippen molar-refractivity contribution in [3.8, 4) is 17.3 Å². The highest BCUT2D eigenvalue weighted by atomic mass is 16.5. The second-order valence-electron chi connectivity index (χ2n) is 11.0. The molecule has 0 amide bonds. The van der Waals surface area contributed by atoms with E-state index in [0.29, 0.717) is 0 Å². The van der Waals surface area contributed by atoms with Gasteiger partial charge in [0.05, 0.1) is 17.2 Å². The summed E-state index contributed by atoms with van der Waals surface area (Å²) in [4.78, 5) is 13.7. The Morgan fingerprint density at radius 3 is 2.30 bits per heavy atom. The van der Waals surface area contributed by atoms with Crippen LogP contribution in [-0.2, 0) is 5.41 Å². The van der Waals surface area contributed by atoms with Gasteiger partial charge in [0.15, 0.2) is 11.9 Å². The third-order valence-corrected chi connectivity index (χ3v) is 7.21. The molecule has 4 heterocycles. The van der Waals surface area contributed by atoms with E-state index in [4.69, 9.17) is 4.74 Å². The van der Waals surface area contributed by atoms with Crippen LogP contribution in [0.4, 0.5) is 17.3 Å². The third-order valence-electron chi connectivity index (χ3n) is 7.21. The number of fused-ring (bicyclic) bond motifs is 4. The Kier molecular flexibility index (Phi) is 5.37. The molecule has 0 saturated heterocycles. The first-order valence-electron chi connectivity index (χ1n) is 13.3. The van der Waals surface area contributed by atoms with E-state index in [1.165, 1.54) is 0 Å². The Labute approximate surface area is 232 Å². The molecule has 7 nitrogen and oxygen atoms in total. The number of rotatable bonds is 4. The summed E-state index contributed by atoms with van der Waals surface area (Å²) in [5.41, 5.74) is 4.16. The van der Waals surface area contributed by atoms with E-state index in [0.717, 1.165) is 62.0 Å². The monoisotopic (exact) mass is 524 g/mol. The topological polar surface area (TPSA) is 58.9 Å². The molecule has 0 N–H and O–H groups in total. The average Bonchev–Trinajstić information content (AvgIpc) is 3.48. The molecular formula is C33H28N6O+2. The van der Waals surface area contributed by atoms with Crippen LogP contribution in [0.25, 0.3) is 27.6 Å². The van der Waals surface area contributed by atoms with Crippen molar-refractivity contribution in [3.05, 3.63) is 103 Å². The van der Waals surface area contributed by atoms with E-state index < -0.39 is 0 Å². The highest BCUT2D eigenvalue weighted by Gasteiger charge is 2.35. The van der Waals surface area contributed by atoms with E-state index >= 15 is 0 Å². The molecule has 0 fully saturated rings. The second kappa shape index (κ2) is 8.97. The number of nitrogens with zero attached hydrogens (tertiary/aromatic N) is 6. The maximum absolute atomic E-state index is 6.57. The summed E-state index contributed by atoms with van der Waals surface area (Å²) in [5, 5.41) is 2.26. The van der Waals surface area contributed by atoms with Gasteiger partial charge < -0.3 is 4.74 Å². The predicted octanol–water partition coefficient (Wildman–Crippen LogP) is 7.35. The summed E-state index contributed by atoms with van der Waals surface area (Å²) in [5.74, 6) is 3.90. The Hall–Kier alpha value is -5.13. The number of benzene rings is 3. The van der Waals surface area contributed by atoms with Gasteiger partial charge in [-0.25, -0.2) is 4.98 Å². The molecule has 1 aliphatic heterocycles. The minimum Gasteiger partial charge on any atom is -0.457 e. The van der Waals surface area contributed by atoms with Gasteiger partial charge in [-0.2, -0.15) is 4.98 Å². The predicted molar refractivity (Wildman–Crippen MR) is 158 cm³/mol. The quantitative estimate of drug-likeness (QED) is 0.226. The van der Waals surface area contributed by atoms with Crippen LogP contribution in [-0.4, -0.2) is 37.2 Å². The van der Waals surface area contributed by atoms with Crippen molar-refractivity contribution in [1.29, 1.82) is 0 Å². The van der Waals surface area contributed by atoms with Crippen molar-refractivity contribution in [2.45, 2.75) is 26.2 Å². The molecule has 0 bridgehead atoms. The molecule has 194 valence electrons. The van der Waals surface area contributed by atoms with Crippen LogP contribution in [0.1, 0.15) is 26.3 Å². The maximum Gasteiger partial charge on any atom is 0.474 e. The van der Waals surface area contributed by atoms with Crippen molar-refractivity contribution in [2.75, 3.05) is 7.05 Å². The molecule has 0 spiro atoms. The van der Waals surface area contributed by atoms with Crippen molar-refractivity contribution in [3.63, 3.8) is 0 Å². The second-order valence-corrected chi connectivity index (χ2v) is 11.0. The summed E-state index contributed by atoms with van der Waals surface area (Å²) in [6, 6.07) is 30.3. The van der Waals surface area contributed by atoms with Crippen LogP contribution >= 0.6 is 0 Å². The van der Waals surface area contributed by atoms with E-state index in [1.807, 2.05) is 52.7 Å². The fraction of sp³-hybridized carbons (Fsp3) is 0.152. The van der Waals surface area contributed by atoms with Crippen molar-refractivity contribution < 1.29 is 9.31 Å². The summed E-state index contributed by atoms with van der Waals surface area (Å²) in [6.45, 7) is 6.60. The lowest BCUT2D eigenvalue weighted by Crippen LogP contribution is -2.12. The van der Waals surface area contributed by atoms with Gasteiger partial charge in [-0.15, -0.1) is 4.58 Å².